The molecule has 0 fully saturated rings. The van der Waals surface area contributed by atoms with E-state index in [1.165, 1.54) is 6.92 Å². The molecule has 0 aliphatic rings. The molecule has 0 aliphatic heterocycles. The SMILES string of the molecule is [2H]c1c([2H])c([2H])c(C([2H])([2H])OC(=O)C(C)c2ccccc2)c([2H])c1[2H]. The molecule has 0 spiro atoms. The molecule has 1 atom stereocenters. The Morgan fingerprint density at radius 1 is 1.28 bits per heavy atom. The fourth-order valence-corrected chi connectivity index (χ4v) is 1.37. The quantitative estimate of drug-likeness (QED) is 0.772. The molecule has 0 saturated heterocycles. The molecule has 18 heavy (non-hydrogen) atoms. The average Bonchev–Trinajstić information content (AvgIpc) is 2.57. The highest BCUT2D eigenvalue weighted by molar-refractivity contribution is 5.77. The van der Waals surface area contributed by atoms with Gasteiger partial charge in [0.15, 0.2) is 0 Å². The third-order valence-electron chi connectivity index (χ3n) is 2.41. The highest BCUT2D eigenvalue weighted by Gasteiger charge is 2.16. The van der Waals surface area contributed by atoms with Crippen molar-refractivity contribution in [2.24, 2.45) is 0 Å². The topological polar surface area (TPSA) is 26.3 Å². The van der Waals surface area contributed by atoms with Gasteiger partial charge in [-0.2, -0.15) is 0 Å². The van der Waals surface area contributed by atoms with Crippen molar-refractivity contribution in [3.63, 3.8) is 0 Å². The maximum Gasteiger partial charge on any atom is 0.313 e. The largest absolute Gasteiger partial charge is 0.460 e. The molecule has 0 amide bonds. The average molecular weight is 247 g/mol. The summed E-state index contributed by atoms with van der Waals surface area (Å²) in [6.45, 7) is -1.33. The molecule has 2 aromatic carbocycles. The summed E-state index contributed by atoms with van der Waals surface area (Å²) in [5.41, 5.74) is -0.0866. The summed E-state index contributed by atoms with van der Waals surface area (Å²) in [6, 6.07) is 5.10. The Kier molecular flexibility index (Phi) is 2.07. The van der Waals surface area contributed by atoms with Gasteiger partial charge in [-0.1, -0.05) is 60.5 Å². The number of carbonyl (C=O) groups is 1. The lowest BCUT2D eigenvalue weighted by Gasteiger charge is -2.11. The molecule has 0 saturated carbocycles. The highest BCUT2D eigenvalue weighted by Crippen LogP contribution is 2.16. The lowest BCUT2D eigenvalue weighted by atomic mass is 10.0. The molecule has 0 N–H and O–H groups in total. The van der Waals surface area contributed by atoms with Crippen LogP contribution >= 0.6 is 0 Å². The standard InChI is InChI=1S/C16H16O2/c1-13(15-10-6-3-7-11-15)16(17)18-12-14-8-4-2-5-9-14/h2-11,13H,12H2,1H3/i2D,4D,5D,8D,9D,12D2. The fraction of sp³-hybridized carbons (Fsp3) is 0.188. The molecule has 0 heterocycles. The minimum absolute atomic E-state index is 0.615. The van der Waals surface area contributed by atoms with E-state index in [2.05, 4.69) is 0 Å². The summed E-state index contributed by atoms with van der Waals surface area (Å²) in [5, 5.41) is 0. The first-order valence-electron chi connectivity index (χ1n) is 8.93. The predicted octanol–water partition coefficient (Wildman–Crippen LogP) is 3.53. The highest BCUT2D eigenvalue weighted by atomic mass is 16.5. The van der Waals surface area contributed by atoms with Gasteiger partial charge in [0.05, 0.1) is 15.5 Å². The first-order chi connectivity index (χ1) is 11.6. The summed E-state index contributed by atoms with van der Waals surface area (Å²) >= 11 is 0. The number of benzene rings is 2. The van der Waals surface area contributed by atoms with Crippen LogP contribution in [0.1, 0.15) is 33.6 Å². The molecule has 0 bridgehead atoms. The van der Waals surface area contributed by atoms with E-state index in [1.807, 2.05) is 0 Å². The second kappa shape index (κ2) is 6.01. The van der Waals surface area contributed by atoms with Crippen LogP contribution in [-0.4, -0.2) is 5.97 Å². The van der Waals surface area contributed by atoms with E-state index in [0.29, 0.717) is 5.56 Å². The number of hydrogen-bond acceptors (Lipinski definition) is 2. The van der Waals surface area contributed by atoms with E-state index in [-0.39, 0.29) is 0 Å². The van der Waals surface area contributed by atoms with Crippen LogP contribution in [0.3, 0.4) is 0 Å². The number of rotatable bonds is 4. The second-order valence-corrected chi connectivity index (χ2v) is 3.66. The van der Waals surface area contributed by atoms with E-state index in [1.54, 1.807) is 30.3 Å². The summed E-state index contributed by atoms with van der Waals surface area (Å²) in [6.07, 6.45) is 0. The van der Waals surface area contributed by atoms with Gasteiger partial charge >= 0.3 is 5.97 Å². The Hall–Kier alpha value is -2.09. The van der Waals surface area contributed by atoms with Crippen LogP contribution in [-0.2, 0) is 16.1 Å². The van der Waals surface area contributed by atoms with Crippen LogP contribution in [0.5, 0.6) is 0 Å². The minimum Gasteiger partial charge on any atom is -0.460 e. The van der Waals surface area contributed by atoms with Gasteiger partial charge in [-0.15, -0.1) is 0 Å². The van der Waals surface area contributed by atoms with Crippen molar-refractivity contribution in [2.75, 3.05) is 0 Å². The third-order valence-corrected chi connectivity index (χ3v) is 2.41. The lowest BCUT2D eigenvalue weighted by molar-refractivity contribution is -0.146. The minimum atomic E-state index is -2.87. The molecule has 2 nitrogen and oxygen atoms in total. The van der Waals surface area contributed by atoms with Gasteiger partial charge in [0.1, 0.15) is 6.56 Å². The van der Waals surface area contributed by atoms with Crippen molar-refractivity contribution in [1.29, 1.82) is 0 Å². The molecule has 2 rings (SSSR count). The van der Waals surface area contributed by atoms with Gasteiger partial charge in [0.2, 0.25) is 0 Å². The smallest absolute Gasteiger partial charge is 0.313 e. The molecule has 2 aromatic rings. The molecule has 2 heteroatoms. The van der Waals surface area contributed by atoms with Crippen LogP contribution in [0.15, 0.2) is 60.5 Å². The Balaban J connectivity index is 2.38. The van der Waals surface area contributed by atoms with Crippen molar-refractivity contribution in [3.8, 4) is 0 Å². The van der Waals surface area contributed by atoms with E-state index < -0.39 is 54.2 Å². The summed E-state index contributed by atoms with van der Waals surface area (Å²) < 4.78 is 59.1. The van der Waals surface area contributed by atoms with Gasteiger partial charge in [-0.3, -0.25) is 4.79 Å². The van der Waals surface area contributed by atoms with E-state index in [0.717, 1.165) is 0 Å². The lowest BCUT2D eigenvalue weighted by Crippen LogP contribution is -2.13. The number of carbonyl (C=O) groups excluding carboxylic acids is 1. The van der Waals surface area contributed by atoms with E-state index in [4.69, 9.17) is 14.3 Å². The first-order valence-corrected chi connectivity index (χ1v) is 5.43. The monoisotopic (exact) mass is 247 g/mol. The van der Waals surface area contributed by atoms with Gasteiger partial charge in [0, 0.05) is 0 Å². The number of esters is 1. The van der Waals surface area contributed by atoms with Crippen molar-refractivity contribution in [1.82, 2.24) is 0 Å². The summed E-state index contributed by atoms with van der Waals surface area (Å²) in [7, 11) is 0. The Morgan fingerprint density at radius 3 is 2.61 bits per heavy atom. The molecular formula is C16H16O2. The van der Waals surface area contributed by atoms with Crippen molar-refractivity contribution in [3.05, 3.63) is 71.7 Å². The number of hydrogen-bond donors (Lipinski definition) is 0. The molecule has 92 valence electrons. The summed E-state index contributed by atoms with van der Waals surface area (Å²) in [4.78, 5) is 12.3. The second-order valence-electron chi connectivity index (χ2n) is 3.66. The molecule has 1 unspecified atom stereocenters. The van der Waals surface area contributed by atoms with E-state index in [9.17, 15) is 4.79 Å². The van der Waals surface area contributed by atoms with Gasteiger partial charge in [0.25, 0.3) is 0 Å². The van der Waals surface area contributed by atoms with Crippen LogP contribution in [0.4, 0.5) is 0 Å². The van der Waals surface area contributed by atoms with Crippen LogP contribution < -0.4 is 0 Å². The Morgan fingerprint density at radius 2 is 1.94 bits per heavy atom. The van der Waals surface area contributed by atoms with Gasteiger partial charge in [-0.25, -0.2) is 0 Å². The van der Waals surface area contributed by atoms with Crippen LogP contribution in [0.2, 0.25) is 0 Å². The van der Waals surface area contributed by atoms with Gasteiger partial charge in [-0.05, 0) is 18.1 Å². The zero-order chi connectivity index (χ0) is 18.9. The molecule has 0 aliphatic carbocycles. The van der Waals surface area contributed by atoms with Crippen LogP contribution in [0, 0.1) is 0 Å². The fourth-order valence-electron chi connectivity index (χ4n) is 1.37. The Bertz CT molecular complexity index is 777. The van der Waals surface area contributed by atoms with E-state index >= 15 is 0 Å². The van der Waals surface area contributed by atoms with Crippen LogP contribution in [0.25, 0.3) is 0 Å². The molecular weight excluding hydrogens is 224 g/mol. The van der Waals surface area contributed by atoms with Crippen molar-refractivity contribution < 1.29 is 19.1 Å². The van der Waals surface area contributed by atoms with Crippen molar-refractivity contribution in [2.45, 2.75) is 19.4 Å². The molecule has 0 radical (unpaired) electrons. The molecule has 0 aromatic heterocycles. The zero-order valence-corrected chi connectivity index (χ0v) is 9.78. The summed E-state index contributed by atoms with van der Waals surface area (Å²) in [5.74, 6) is -1.68. The maximum atomic E-state index is 12.3. The van der Waals surface area contributed by atoms with Crippen molar-refractivity contribution >= 4 is 5.97 Å². The maximum absolute atomic E-state index is 12.3. The third kappa shape index (κ3) is 3.20. The van der Waals surface area contributed by atoms with Gasteiger partial charge < -0.3 is 4.74 Å². The normalized spacial score (nSPS) is 18.2. The first kappa shape index (κ1) is 6.19. The number of ether oxygens (including phenoxy) is 1. The Labute approximate surface area is 117 Å². The predicted molar refractivity (Wildman–Crippen MR) is 71.1 cm³/mol. The zero-order valence-electron chi connectivity index (χ0n) is 16.8.